The first-order valence-corrected chi connectivity index (χ1v) is 7.22. The van der Waals surface area contributed by atoms with Gasteiger partial charge in [-0.3, -0.25) is 4.98 Å². The molecule has 0 spiro atoms. The molecule has 5 nitrogen and oxygen atoms in total. The summed E-state index contributed by atoms with van der Waals surface area (Å²) in [6.45, 7) is 5.99. The minimum atomic E-state index is 0.295. The van der Waals surface area contributed by atoms with E-state index in [-0.39, 0.29) is 0 Å². The minimum Gasteiger partial charge on any atom is -0.380 e. The lowest BCUT2D eigenvalue weighted by atomic mass is 10.2. The number of methoxy groups -OCH3 is 1. The molecule has 1 aliphatic rings. The fourth-order valence-electron chi connectivity index (χ4n) is 2.66. The highest BCUT2D eigenvalue weighted by molar-refractivity contribution is 5.60. The Kier molecular flexibility index (Phi) is 3.84. The first-order valence-electron chi connectivity index (χ1n) is 7.22. The third kappa shape index (κ3) is 2.74. The fraction of sp³-hybridized carbons (Fsp3) is 0.438. The molecule has 0 aromatic carbocycles. The predicted octanol–water partition coefficient (Wildman–Crippen LogP) is 2.38. The molecule has 1 fully saturated rings. The predicted molar refractivity (Wildman–Crippen MR) is 82.4 cm³/mol. The van der Waals surface area contributed by atoms with Crippen molar-refractivity contribution in [3.8, 4) is 11.4 Å². The summed E-state index contributed by atoms with van der Waals surface area (Å²) < 4.78 is 5.45. The van der Waals surface area contributed by atoms with Crippen molar-refractivity contribution < 1.29 is 4.74 Å². The molecule has 1 aliphatic heterocycles. The van der Waals surface area contributed by atoms with Gasteiger partial charge in [0.15, 0.2) is 5.82 Å². The summed E-state index contributed by atoms with van der Waals surface area (Å²) in [6.07, 6.45) is 4.88. The topological polar surface area (TPSA) is 51.1 Å². The fourth-order valence-corrected chi connectivity index (χ4v) is 2.66. The van der Waals surface area contributed by atoms with Crippen molar-refractivity contribution in [1.82, 2.24) is 15.0 Å². The van der Waals surface area contributed by atoms with Crippen LogP contribution in [0.1, 0.15) is 17.7 Å². The van der Waals surface area contributed by atoms with Crippen LogP contribution in [0.15, 0.2) is 24.5 Å². The van der Waals surface area contributed by atoms with Crippen molar-refractivity contribution in [3.63, 3.8) is 0 Å². The van der Waals surface area contributed by atoms with E-state index in [0.717, 1.165) is 48.0 Å². The molecular weight excluding hydrogens is 264 g/mol. The maximum absolute atomic E-state index is 5.45. The molecule has 1 atom stereocenters. The number of anilines is 1. The van der Waals surface area contributed by atoms with Crippen molar-refractivity contribution in [2.45, 2.75) is 26.4 Å². The van der Waals surface area contributed by atoms with E-state index in [1.54, 1.807) is 19.5 Å². The lowest BCUT2D eigenvalue weighted by Gasteiger charge is -2.21. The second-order valence-corrected chi connectivity index (χ2v) is 5.41. The summed E-state index contributed by atoms with van der Waals surface area (Å²) in [7, 11) is 1.77. The van der Waals surface area contributed by atoms with Gasteiger partial charge in [-0.15, -0.1) is 0 Å². The summed E-state index contributed by atoms with van der Waals surface area (Å²) in [5, 5.41) is 0. The Morgan fingerprint density at radius 3 is 2.62 bits per heavy atom. The van der Waals surface area contributed by atoms with Crippen LogP contribution in [0.2, 0.25) is 0 Å². The summed E-state index contributed by atoms with van der Waals surface area (Å²) in [5.74, 6) is 1.78. The number of hydrogen-bond donors (Lipinski definition) is 0. The molecule has 0 N–H and O–H groups in total. The summed E-state index contributed by atoms with van der Waals surface area (Å²) in [5.41, 5.74) is 3.16. The molecule has 21 heavy (non-hydrogen) atoms. The van der Waals surface area contributed by atoms with Crippen LogP contribution >= 0.6 is 0 Å². The first kappa shape index (κ1) is 13.9. The third-order valence-electron chi connectivity index (χ3n) is 4.08. The maximum atomic E-state index is 5.45. The molecule has 0 bridgehead atoms. The summed E-state index contributed by atoms with van der Waals surface area (Å²) in [4.78, 5) is 15.7. The van der Waals surface area contributed by atoms with Gasteiger partial charge in [-0.1, -0.05) is 0 Å². The highest BCUT2D eigenvalue weighted by Crippen LogP contribution is 2.27. The molecule has 0 saturated carbocycles. The van der Waals surface area contributed by atoms with Gasteiger partial charge >= 0.3 is 0 Å². The third-order valence-corrected chi connectivity index (χ3v) is 4.08. The second-order valence-electron chi connectivity index (χ2n) is 5.41. The lowest BCUT2D eigenvalue weighted by molar-refractivity contribution is 0.121. The number of aromatic nitrogens is 3. The molecule has 0 radical (unpaired) electrons. The maximum Gasteiger partial charge on any atom is 0.161 e. The van der Waals surface area contributed by atoms with Crippen molar-refractivity contribution in [2.75, 3.05) is 25.1 Å². The van der Waals surface area contributed by atoms with Crippen LogP contribution in [0.5, 0.6) is 0 Å². The van der Waals surface area contributed by atoms with Crippen LogP contribution < -0.4 is 4.90 Å². The molecule has 0 amide bonds. The van der Waals surface area contributed by atoms with Gasteiger partial charge in [0, 0.05) is 49.4 Å². The average Bonchev–Trinajstić information content (AvgIpc) is 2.99. The van der Waals surface area contributed by atoms with Gasteiger partial charge in [-0.25, -0.2) is 9.97 Å². The zero-order valence-electron chi connectivity index (χ0n) is 12.7. The van der Waals surface area contributed by atoms with Crippen LogP contribution in [-0.4, -0.2) is 41.3 Å². The summed E-state index contributed by atoms with van der Waals surface area (Å²) >= 11 is 0. The lowest BCUT2D eigenvalue weighted by Crippen LogP contribution is -2.24. The molecule has 1 saturated heterocycles. The molecule has 0 unspecified atom stereocenters. The van der Waals surface area contributed by atoms with Crippen LogP contribution in [0, 0.1) is 13.8 Å². The highest BCUT2D eigenvalue weighted by Gasteiger charge is 2.25. The first-order chi connectivity index (χ1) is 10.2. The van der Waals surface area contributed by atoms with Gasteiger partial charge < -0.3 is 9.64 Å². The van der Waals surface area contributed by atoms with E-state index in [9.17, 15) is 0 Å². The summed E-state index contributed by atoms with van der Waals surface area (Å²) in [6, 6.07) is 3.88. The Labute approximate surface area is 125 Å². The van der Waals surface area contributed by atoms with E-state index < -0.39 is 0 Å². The number of aryl methyl sites for hydroxylation is 1. The van der Waals surface area contributed by atoms with Crippen molar-refractivity contribution in [3.05, 3.63) is 35.8 Å². The van der Waals surface area contributed by atoms with Gasteiger partial charge in [0.2, 0.25) is 0 Å². The van der Waals surface area contributed by atoms with Crippen molar-refractivity contribution >= 4 is 5.82 Å². The van der Waals surface area contributed by atoms with Crippen LogP contribution in [0.4, 0.5) is 5.82 Å². The zero-order valence-corrected chi connectivity index (χ0v) is 12.7. The van der Waals surface area contributed by atoms with Crippen molar-refractivity contribution in [2.24, 2.45) is 0 Å². The van der Waals surface area contributed by atoms with E-state index in [2.05, 4.69) is 21.8 Å². The van der Waals surface area contributed by atoms with Gasteiger partial charge in [0.25, 0.3) is 0 Å². The van der Waals surface area contributed by atoms with Gasteiger partial charge in [-0.05, 0) is 32.4 Å². The zero-order chi connectivity index (χ0) is 14.8. The normalized spacial score (nSPS) is 18.2. The van der Waals surface area contributed by atoms with E-state index in [1.165, 1.54) is 0 Å². The van der Waals surface area contributed by atoms with E-state index in [0.29, 0.717) is 6.10 Å². The monoisotopic (exact) mass is 284 g/mol. The molecule has 5 heteroatoms. The van der Waals surface area contributed by atoms with Gasteiger partial charge in [0.1, 0.15) is 5.82 Å². The van der Waals surface area contributed by atoms with Crippen molar-refractivity contribution in [1.29, 1.82) is 0 Å². The minimum absolute atomic E-state index is 0.295. The Bertz CT molecular complexity index is 630. The molecular formula is C16H20N4O. The average molecular weight is 284 g/mol. The van der Waals surface area contributed by atoms with E-state index >= 15 is 0 Å². The molecule has 3 rings (SSSR count). The molecule has 2 aromatic rings. The van der Waals surface area contributed by atoms with E-state index in [4.69, 9.17) is 9.72 Å². The Morgan fingerprint density at radius 2 is 1.95 bits per heavy atom. The van der Waals surface area contributed by atoms with Crippen LogP contribution in [0.25, 0.3) is 11.4 Å². The second kappa shape index (κ2) is 5.77. The Balaban J connectivity index is 1.99. The number of rotatable bonds is 3. The molecule has 3 heterocycles. The SMILES string of the molecule is CO[C@H]1CCN(c2nc(-c3ccncc3)nc(C)c2C)C1. The highest BCUT2D eigenvalue weighted by atomic mass is 16.5. The molecule has 2 aromatic heterocycles. The number of ether oxygens (including phenoxy) is 1. The largest absolute Gasteiger partial charge is 0.380 e. The number of pyridine rings is 1. The number of hydrogen-bond acceptors (Lipinski definition) is 5. The van der Waals surface area contributed by atoms with Crippen LogP contribution in [-0.2, 0) is 4.74 Å². The number of nitrogens with zero attached hydrogens (tertiary/aromatic N) is 4. The standard InChI is InChI=1S/C16H20N4O/c1-11-12(2)18-15(13-4-7-17-8-5-13)19-16(11)20-9-6-14(10-20)21-3/h4-5,7-8,14H,6,9-10H2,1-3H3/t14-/m0/s1. The van der Waals surface area contributed by atoms with E-state index in [1.807, 2.05) is 19.1 Å². The van der Waals surface area contributed by atoms with Gasteiger partial charge in [-0.2, -0.15) is 0 Å². The van der Waals surface area contributed by atoms with Crippen LogP contribution in [0.3, 0.4) is 0 Å². The van der Waals surface area contributed by atoms with Gasteiger partial charge in [0.05, 0.1) is 6.10 Å². The molecule has 0 aliphatic carbocycles. The smallest absolute Gasteiger partial charge is 0.161 e. The molecule has 110 valence electrons. The Hall–Kier alpha value is -2.01. The Morgan fingerprint density at radius 1 is 1.19 bits per heavy atom. The quantitative estimate of drug-likeness (QED) is 0.866.